The summed E-state index contributed by atoms with van der Waals surface area (Å²) >= 11 is 16.6. The lowest BCUT2D eigenvalue weighted by atomic mass is 9.84. The summed E-state index contributed by atoms with van der Waals surface area (Å²) in [5.74, 6) is -1.08. The van der Waals surface area contributed by atoms with E-state index < -0.39 is 16.8 Å². The summed E-state index contributed by atoms with van der Waals surface area (Å²) in [4.78, 5) is 36.1. The molecule has 3 rings (SSSR count). The van der Waals surface area contributed by atoms with Gasteiger partial charge in [-0.05, 0) is 78.2 Å². The Morgan fingerprint density at radius 1 is 0.884 bits per heavy atom. The van der Waals surface area contributed by atoms with E-state index in [1.165, 1.54) is 29.3 Å². The Labute approximate surface area is 289 Å². The van der Waals surface area contributed by atoms with Crippen LogP contribution in [0.1, 0.15) is 63.2 Å². The molecule has 0 saturated heterocycles. The Morgan fingerprint density at radius 3 is 2.00 bits per heavy atom. The van der Waals surface area contributed by atoms with Gasteiger partial charge in [0, 0.05) is 86.6 Å². The third-order valence-electron chi connectivity index (χ3n) is 5.61. The van der Waals surface area contributed by atoms with Crippen molar-refractivity contribution in [2.45, 2.75) is 53.9 Å². The van der Waals surface area contributed by atoms with Gasteiger partial charge >= 0.3 is 11.9 Å². The quantitative estimate of drug-likeness (QED) is 0.152. The third-order valence-corrected chi connectivity index (χ3v) is 17.9. The van der Waals surface area contributed by atoms with Crippen LogP contribution < -0.4 is 0 Å². The van der Waals surface area contributed by atoms with Gasteiger partial charge in [0.15, 0.2) is 5.78 Å². The lowest BCUT2D eigenvalue weighted by Gasteiger charge is -2.21. The fourth-order valence-corrected chi connectivity index (χ4v) is 15.4. The number of aromatic nitrogens is 1. The number of fused-ring (bicyclic) bond motifs is 1. The first-order valence-electron chi connectivity index (χ1n) is 12.5. The van der Waals surface area contributed by atoms with Gasteiger partial charge in [-0.25, -0.2) is 0 Å². The highest BCUT2D eigenvalue weighted by Crippen LogP contribution is 2.33. The van der Waals surface area contributed by atoms with Crippen LogP contribution in [0.25, 0.3) is 10.1 Å². The molecular formula is C27H32ClNO5S9. The number of rotatable bonds is 7. The lowest BCUT2D eigenvalue weighted by Crippen LogP contribution is -2.35. The third kappa shape index (κ3) is 12.4. The number of esters is 2. The first-order chi connectivity index (χ1) is 20.3. The number of ether oxygens (including phenoxy) is 2. The van der Waals surface area contributed by atoms with Gasteiger partial charge in [-0.3, -0.25) is 14.4 Å². The molecule has 0 atom stereocenters. The first kappa shape index (κ1) is 40.0. The highest BCUT2D eigenvalue weighted by molar-refractivity contribution is 8.70. The van der Waals surface area contributed by atoms with Gasteiger partial charge in [-0.2, -0.15) is 4.37 Å². The maximum absolute atomic E-state index is 12.4. The maximum atomic E-state index is 12.4. The molecule has 1 heterocycles. The second-order valence-electron chi connectivity index (χ2n) is 9.44. The molecule has 0 bridgehead atoms. The summed E-state index contributed by atoms with van der Waals surface area (Å²) in [6, 6.07) is 13.1. The zero-order valence-electron chi connectivity index (χ0n) is 24.5. The molecule has 0 N–H and O–H groups in total. The van der Waals surface area contributed by atoms with Gasteiger partial charge in [0.05, 0.1) is 28.6 Å². The van der Waals surface area contributed by atoms with Crippen LogP contribution in [0.5, 0.6) is 0 Å². The number of carbonyl (C=O) groups is 3. The number of halogens is 1. The summed E-state index contributed by atoms with van der Waals surface area (Å²) in [7, 11) is 9.12. The topological polar surface area (TPSA) is 82.6 Å². The molecule has 3 aromatic rings. The van der Waals surface area contributed by atoms with Gasteiger partial charge < -0.3 is 9.47 Å². The average molecular weight is 775 g/mol. The number of carbonyl (C=O) groups excluding carboxylic acids is 3. The van der Waals surface area contributed by atoms with E-state index in [1.807, 2.05) is 58.0 Å². The summed E-state index contributed by atoms with van der Waals surface area (Å²) in [6.45, 7) is 12.8. The van der Waals surface area contributed by atoms with Crippen LogP contribution in [0, 0.1) is 12.3 Å². The number of ketones is 1. The van der Waals surface area contributed by atoms with Crippen molar-refractivity contribution in [3.05, 3.63) is 64.3 Å². The number of benzene rings is 2. The van der Waals surface area contributed by atoms with E-state index in [1.54, 1.807) is 68.4 Å². The van der Waals surface area contributed by atoms with Crippen LogP contribution in [-0.2, 0) is 100 Å². The molecule has 0 amide bonds. The van der Waals surface area contributed by atoms with Crippen molar-refractivity contribution in [3.8, 4) is 0 Å². The molecule has 43 heavy (non-hydrogen) atoms. The van der Waals surface area contributed by atoms with Crippen molar-refractivity contribution in [2.24, 2.45) is 5.41 Å². The molecule has 0 aliphatic rings. The van der Waals surface area contributed by atoms with Gasteiger partial charge in [-0.1, -0.05) is 41.4 Å². The zero-order chi connectivity index (χ0) is 32.6. The molecule has 0 unspecified atom stereocenters. The summed E-state index contributed by atoms with van der Waals surface area (Å²) < 4.78 is 15.5. The zero-order valence-corrected chi connectivity index (χ0v) is 32.6. The number of aryl methyl sites for hydroxylation is 1. The SMILES string of the molecule is CCOC(=O)C(C)(C)C(=O)c1cc(C)ccc1Cl.CCOC(=O)C(C)(C)c1nsc2ccccc12.S=S=S=S=S=S=S=S. The Balaban J connectivity index is 0.000000347. The molecule has 0 aliphatic carbocycles. The van der Waals surface area contributed by atoms with Crippen molar-refractivity contribution >= 4 is 127 Å². The molecule has 0 saturated carbocycles. The highest BCUT2D eigenvalue weighted by Gasteiger charge is 2.39. The molecule has 6 nitrogen and oxygen atoms in total. The lowest BCUT2D eigenvalue weighted by molar-refractivity contribution is -0.150. The molecular weight excluding hydrogens is 742 g/mol. The predicted octanol–water partition coefficient (Wildman–Crippen LogP) is 6.54. The monoisotopic (exact) mass is 773 g/mol. The van der Waals surface area contributed by atoms with E-state index >= 15 is 0 Å². The Bertz CT molecular complexity index is 1670. The molecule has 16 heteroatoms. The van der Waals surface area contributed by atoms with Crippen LogP contribution >= 0.6 is 23.1 Å². The number of nitrogens with zero attached hydrogens (tertiary/aromatic N) is 1. The van der Waals surface area contributed by atoms with E-state index in [9.17, 15) is 14.4 Å². The molecule has 0 spiro atoms. The van der Waals surface area contributed by atoms with E-state index in [2.05, 4.69) is 26.7 Å². The number of Topliss-reactive ketones (excluding diaryl/α,β-unsaturated/α-hetero) is 1. The van der Waals surface area contributed by atoms with Gasteiger partial charge in [0.2, 0.25) is 0 Å². The van der Waals surface area contributed by atoms with Crippen LogP contribution in [0.2, 0.25) is 5.02 Å². The molecule has 0 fully saturated rings. The van der Waals surface area contributed by atoms with Crippen LogP contribution in [0.15, 0.2) is 42.5 Å². The molecule has 2 aromatic carbocycles. The molecule has 0 radical (unpaired) electrons. The summed E-state index contributed by atoms with van der Waals surface area (Å²) in [6.07, 6.45) is 0. The smallest absolute Gasteiger partial charge is 0.319 e. The van der Waals surface area contributed by atoms with E-state index in [0.29, 0.717) is 17.2 Å². The van der Waals surface area contributed by atoms with Crippen molar-refractivity contribution in [1.82, 2.24) is 4.37 Å². The van der Waals surface area contributed by atoms with Gasteiger partial charge in [0.1, 0.15) is 10.8 Å². The fourth-order valence-electron chi connectivity index (χ4n) is 3.34. The van der Waals surface area contributed by atoms with E-state index in [0.717, 1.165) is 21.3 Å². The van der Waals surface area contributed by atoms with Gasteiger partial charge in [0.25, 0.3) is 0 Å². The first-order valence-corrected chi connectivity index (χ1v) is 23.0. The van der Waals surface area contributed by atoms with Crippen molar-refractivity contribution in [1.29, 1.82) is 0 Å². The predicted molar refractivity (Wildman–Crippen MR) is 199 cm³/mol. The van der Waals surface area contributed by atoms with Gasteiger partial charge in [-0.15, -0.1) is 0 Å². The molecule has 236 valence electrons. The fraction of sp³-hybridized carbons (Fsp3) is 0.407. The summed E-state index contributed by atoms with van der Waals surface area (Å²) in [5, 5.41) is 1.39. The Hall–Kier alpha value is -1.01. The maximum Gasteiger partial charge on any atom is 0.319 e. The largest absolute Gasteiger partial charge is 0.465 e. The minimum absolute atomic E-state index is 0.226. The molecule has 0 aliphatic heterocycles. The molecule has 1 aromatic heterocycles. The van der Waals surface area contributed by atoms with E-state index in [4.69, 9.17) is 21.1 Å². The Morgan fingerprint density at radius 2 is 1.44 bits per heavy atom. The van der Waals surface area contributed by atoms with Crippen molar-refractivity contribution < 1.29 is 23.9 Å². The summed E-state index contributed by atoms with van der Waals surface area (Å²) in [5.41, 5.74) is 0.150. The standard InChI is InChI=1S/C14H17ClO3.C13H15NO2S.S8/c1-5-18-13(17)14(3,4)12(16)10-8-9(2)6-7-11(10)15;1-4-16-12(15)13(2,3)11-9-7-5-6-8-10(9)17-14-11;1-3-5-7-8-6-4-2/h6-8H,5H2,1-4H3;5-8H,4H2,1-3H3;. The highest BCUT2D eigenvalue weighted by atomic mass is 35.5. The van der Waals surface area contributed by atoms with Crippen LogP contribution in [0.4, 0.5) is 0 Å². The average Bonchev–Trinajstić information content (AvgIpc) is 3.42. The second-order valence-corrected chi connectivity index (χ2v) is 21.3. The minimum atomic E-state index is -1.23. The second kappa shape index (κ2) is 20.2. The van der Waals surface area contributed by atoms with Crippen molar-refractivity contribution in [2.75, 3.05) is 13.2 Å². The van der Waals surface area contributed by atoms with Crippen LogP contribution in [0.3, 0.4) is 0 Å². The number of hydrogen-bond acceptors (Lipinski definition) is 9. The van der Waals surface area contributed by atoms with E-state index in [-0.39, 0.29) is 18.4 Å². The minimum Gasteiger partial charge on any atom is -0.465 e. The van der Waals surface area contributed by atoms with Crippen molar-refractivity contribution in [3.63, 3.8) is 0 Å². The van der Waals surface area contributed by atoms with Crippen LogP contribution in [-0.4, -0.2) is 35.3 Å². The number of hydrogen-bond donors (Lipinski definition) is 0. The Kier molecular flexibility index (Phi) is 18.8. The normalized spacial score (nSPS) is 10.5.